The van der Waals surface area contributed by atoms with Crippen LogP contribution in [-0.2, 0) is 17.6 Å². The van der Waals surface area contributed by atoms with Crippen molar-refractivity contribution in [2.45, 2.75) is 19.3 Å². The Kier molecular flexibility index (Phi) is 7.70. The SMILES string of the molecule is N#CCCNC(=O)C(=Cc1ccc(Cl)cc1)c1ccc(CCc2ccc3ccccc3n2)cc1. The smallest absolute Gasteiger partial charge is 0.251 e. The number of carbonyl (C=O) groups excluding carboxylic acids is 1. The van der Waals surface area contributed by atoms with Crippen LogP contribution in [0.1, 0.15) is 28.8 Å². The van der Waals surface area contributed by atoms with Gasteiger partial charge in [0.1, 0.15) is 0 Å². The predicted octanol–water partition coefficient (Wildman–Crippen LogP) is 6.24. The highest BCUT2D eigenvalue weighted by Crippen LogP contribution is 2.21. The fourth-order valence-electron chi connectivity index (χ4n) is 3.70. The highest BCUT2D eigenvalue weighted by Gasteiger charge is 2.12. The Labute approximate surface area is 204 Å². The third kappa shape index (κ3) is 6.10. The Hall–Kier alpha value is -3.94. The van der Waals surface area contributed by atoms with Gasteiger partial charge in [0.15, 0.2) is 0 Å². The molecule has 4 nitrogen and oxygen atoms in total. The summed E-state index contributed by atoms with van der Waals surface area (Å²) in [5.74, 6) is -0.210. The number of hydrogen-bond donors (Lipinski definition) is 1. The summed E-state index contributed by atoms with van der Waals surface area (Å²) in [5, 5.41) is 13.4. The summed E-state index contributed by atoms with van der Waals surface area (Å²) in [6.07, 6.45) is 3.80. The second-order valence-corrected chi connectivity index (χ2v) is 8.40. The lowest BCUT2D eigenvalue weighted by Crippen LogP contribution is -2.25. The first-order valence-corrected chi connectivity index (χ1v) is 11.6. The van der Waals surface area contributed by atoms with Crippen molar-refractivity contribution in [3.8, 4) is 6.07 Å². The molecule has 4 aromatic rings. The molecule has 0 unspecified atom stereocenters. The van der Waals surface area contributed by atoms with Crippen LogP contribution in [-0.4, -0.2) is 17.4 Å². The number of carbonyl (C=O) groups is 1. The Morgan fingerprint density at radius 2 is 1.71 bits per heavy atom. The maximum absolute atomic E-state index is 12.9. The highest BCUT2D eigenvalue weighted by atomic mass is 35.5. The largest absolute Gasteiger partial charge is 0.351 e. The number of hydrogen-bond acceptors (Lipinski definition) is 3. The van der Waals surface area contributed by atoms with Gasteiger partial charge in [-0.05, 0) is 59.9 Å². The Morgan fingerprint density at radius 1 is 0.941 bits per heavy atom. The van der Waals surface area contributed by atoms with Crippen molar-refractivity contribution < 1.29 is 4.79 Å². The maximum atomic E-state index is 12.9. The topological polar surface area (TPSA) is 65.8 Å². The molecule has 0 atom stereocenters. The van der Waals surface area contributed by atoms with E-state index in [1.54, 1.807) is 12.1 Å². The molecule has 0 radical (unpaired) electrons. The van der Waals surface area contributed by atoms with E-state index in [0.29, 0.717) is 17.1 Å². The van der Waals surface area contributed by atoms with Crippen molar-refractivity contribution >= 4 is 40.1 Å². The highest BCUT2D eigenvalue weighted by molar-refractivity contribution is 6.30. The molecule has 3 aromatic carbocycles. The number of benzene rings is 3. The van der Waals surface area contributed by atoms with Gasteiger partial charge in [0.2, 0.25) is 0 Å². The van der Waals surface area contributed by atoms with Gasteiger partial charge in [0.05, 0.1) is 18.0 Å². The average molecular weight is 466 g/mol. The van der Waals surface area contributed by atoms with Crippen LogP contribution in [0, 0.1) is 11.3 Å². The van der Waals surface area contributed by atoms with Crippen LogP contribution in [0.2, 0.25) is 5.02 Å². The second-order valence-electron chi connectivity index (χ2n) is 7.97. The number of rotatable bonds is 8. The van der Waals surface area contributed by atoms with E-state index in [0.717, 1.165) is 40.6 Å². The van der Waals surface area contributed by atoms with Gasteiger partial charge in [-0.25, -0.2) is 0 Å². The molecule has 168 valence electrons. The minimum atomic E-state index is -0.210. The first-order chi connectivity index (χ1) is 16.6. The summed E-state index contributed by atoms with van der Waals surface area (Å²) in [6.45, 7) is 0.310. The number of nitrogens with one attached hydrogen (secondary N) is 1. The number of halogens is 1. The molecule has 1 heterocycles. The second kappa shape index (κ2) is 11.3. The Bertz CT molecular complexity index is 1350. The number of para-hydroxylation sites is 1. The molecule has 0 aliphatic heterocycles. The maximum Gasteiger partial charge on any atom is 0.251 e. The zero-order valence-electron chi connectivity index (χ0n) is 18.7. The molecule has 34 heavy (non-hydrogen) atoms. The number of amides is 1. The molecule has 0 aliphatic carbocycles. The summed E-state index contributed by atoms with van der Waals surface area (Å²) in [7, 11) is 0. The zero-order valence-corrected chi connectivity index (χ0v) is 19.4. The van der Waals surface area contributed by atoms with Crippen molar-refractivity contribution in [1.29, 1.82) is 5.26 Å². The van der Waals surface area contributed by atoms with E-state index in [1.165, 1.54) is 5.56 Å². The molecule has 0 saturated carbocycles. The predicted molar refractivity (Wildman–Crippen MR) is 138 cm³/mol. The molecule has 4 rings (SSSR count). The number of aryl methyl sites for hydroxylation is 2. The Balaban J connectivity index is 1.50. The summed E-state index contributed by atoms with van der Waals surface area (Å²) in [5.41, 5.74) is 5.48. The van der Waals surface area contributed by atoms with Crippen molar-refractivity contribution in [1.82, 2.24) is 10.3 Å². The summed E-state index contributed by atoms with van der Waals surface area (Å²) in [6, 6.07) is 29.7. The van der Waals surface area contributed by atoms with E-state index in [9.17, 15) is 4.79 Å². The van der Waals surface area contributed by atoms with E-state index in [4.69, 9.17) is 21.8 Å². The molecule has 1 N–H and O–H groups in total. The van der Waals surface area contributed by atoms with Crippen LogP contribution in [0.3, 0.4) is 0 Å². The number of aromatic nitrogens is 1. The quantitative estimate of drug-likeness (QED) is 0.190. The number of nitriles is 1. The van der Waals surface area contributed by atoms with E-state index in [1.807, 2.05) is 54.6 Å². The van der Waals surface area contributed by atoms with Gasteiger partial charge < -0.3 is 5.32 Å². The number of fused-ring (bicyclic) bond motifs is 1. The molecule has 0 aliphatic rings. The van der Waals surface area contributed by atoms with Crippen molar-refractivity contribution in [2.24, 2.45) is 0 Å². The zero-order chi connectivity index (χ0) is 23.8. The van der Waals surface area contributed by atoms with E-state index < -0.39 is 0 Å². The van der Waals surface area contributed by atoms with Crippen LogP contribution in [0.5, 0.6) is 0 Å². The first-order valence-electron chi connectivity index (χ1n) is 11.2. The Morgan fingerprint density at radius 3 is 2.47 bits per heavy atom. The third-order valence-corrected chi connectivity index (χ3v) is 5.79. The van der Waals surface area contributed by atoms with Gasteiger partial charge >= 0.3 is 0 Å². The van der Waals surface area contributed by atoms with E-state index in [-0.39, 0.29) is 12.3 Å². The summed E-state index contributed by atoms with van der Waals surface area (Å²) >= 11 is 6.00. The fourth-order valence-corrected chi connectivity index (χ4v) is 3.83. The van der Waals surface area contributed by atoms with Gasteiger partial charge in [0.25, 0.3) is 5.91 Å². The minimum absolute atomic E-state index is 0.210. The van der Waals surface area contributed by atoms with Crippen molar-refractivity contribution in [3.05, 3.63) is 112 Å². The lowest BCUT2D eigenvalue weighted by Gasteiger charge is -2.10. The third-order valence-electron chi connectivity index (χ3n) is 5.54. The van der Waals surface area contributed by atoms with E-state index >= 15 is 0 Å². The van der Waals surface area contributed by atoms with Gasteiger partial charge in [0, 0.05) is 28.2 Å². The lowest BCUT2D eigenvalue weighted by atomic mass is 9.99. The van der Waals surface area contributed by atoms with Gasteiger partial charge in [-0.3, -0.25) is 9.78 Å². The molecule has 0 bridgehead atoms. The molecule has 5 heteroatoms. The molecule has 1 aromatic heterocycles. The van der Waals surface area contributed by atoms with Crippen LogP contribution < -0.4 is 5.32 Å². The monoisotopic (exact) mass is 465 g/mol. The molecule has 1 amide bonds. The lowest BCUT2D eigenvalue weighted by molar-refractivity contribution is -0.115. The van der Waals surface area contributed by atoms with Gasteiger partial charge in [-0.2, -0.15) is 5.26 Å². The van der Waals surface area contributed by atoms with Crippen LogP contribution in [0.15, 0.2) is 84.9 Å². The molecule has 0 fully saturated rings. The summed E-state index contributed by atoms with van der Waals surface area (Å²) in [4.78, 5) is 17.6. The van der Waals surface area contributed by atoms with Gasteiger partial charge in [-0.15, -0.1) is 0 Å². The van der Waals surface area contributed by atoms with Crippen molar-refractivity contribution in [3.63, 3.8) is 0 Å². The molecule has 0 spiro atoms. The van der Waals surface area contributed by atoms with Crippen LogP contribution in [0.25, 0.3) is 22.6 Å². The van der Waals surface area contributed by atoms with Crippen molar-refractivity contribution in [2.75, 3.05) is 6.54 Å². The summed E-state index contributed by atoms with van der Waals surface area (Å²) < 4.78 is 0. The molecular formula is C29H24ClN3O. The minimum Gasteiger partial charge on any atom is -0.351 e. The molecular weight excluding hydrogens is 442 g/mol. The number of pyridine rings is 1. The van der Waals surface area contributed by atoms with Gasteiger partial charge in [-0.1, -0.05) is 72.3 Å². The number of nitrogens with zero attached hydrogens (tertiary/aromatic N) is 2. The molecule has 0 saturated heterocycles. The first kappa shape index (κ1) is 23.2. The average Bonchev–Trinajstić information content (AvgIpc) is 2.87. The fraction of sp³-hybridized carbons (Fsp3) is 0.138. The normalized spacial score (nSPS) is 11.2. The van der Waals surface area contributed by atoms with Crippen LogP contribution >= 0.6 is 11.6 Å². The standard InChI is InChI=1S/C29H24ClN3O/c30-25-14-8-22(9-15-25)20-27(29(34)32-19-3-18-31)23-11-6-21(7-12-23)10-16-26-17-13-24-4-1-2-5-28(24)33-26/h1-2,4-9,11-15,17,20H,3,10,16,19H2,(H,32,34). The van der Waals surface area contributed by atoms with E-state index in [2.05, 4.69) is 35.6 Å². The van der Waals surface area contributed by atoms with Crippen LogP contribution in [0.4, 0.5) is 0 Å².